The molecule has 0 aromatic rings. The van der Waals surface area contributed by atoms with E-state index < -0.39 is 5.60 Å². The van der Waals surface area contributed by atoms with Crippen LogP contribution in [0.2, 0.25) is 0 Å². The van der Waals surface area contributed by atoms with Crippen LogP contribution in [0, 0.1) is 0 Å². The smallest absolute Gasteiger partial charge is 0.220 e. The SMILES string of the molecule is COCCSC(=O)C(C)(C)OC1CCCCC1. The van der Waals surface area contributed by atoms with Crippen LogP contribution in [-0.4, -0.2) is 36.3 Å². The van der Waals surface area contributed by atoms with Gasteiger partial charge in [-0.3, -0.25) is 4.79 Å². The average Bonchev–Trinajstić information content (AvgIpc) is 2.30. The number of rotatable bonds is 6. The normalized spacial score (nSPS) is 18.3. The minimum absolute atomic E-state index is 0.111. The van der Waals surface area contributed by atoms with Crippen LogP contribution in [0.4, 0.5) is 0 Å². The Morgan fingerprint density at radius 3 is 2.53 bits per heavy atom. The summed E-state index contributed by atoms with van der Waals surface area (Å²) in [6.07, 6.45) is 6.22. The summed E-state index contributed by atoms with van der Waals surface area (Å²) in [5, 5.41) is 0.111. The Hall–Kier alpha value is -0.0600. The molecule has 1 saturated carbocycles. The molecule has 100 valence electrons. The van der Waals surface area contributed by atoms with Gasteiger partial charge in [0.05, 0.1) is 12.7 Å². The molecule has 0 amide bonds. The summed E-state index contributed by atoms with van der Waals surface area (Å²) < 4.78 is 10.9. The van der Waals surface area contributed by atoms with E-state index in [1.165, 1.54) is 31.0 Å². The number of methoxy groups -OCH3 is 1. The van der Waals surface area contributed by atoms with Crippen molar-refractivity contribution in [2.24, 2.45) is 0 Å². The molecule has 1 rings (SSSR count). The zero-order valence-electron chi connectivity index (χ0n) is 11.2. The Labute approximate surface area is 109 Å². The summed E-state index contributed by atoms with van der Waals surface area (Å²) in [7, 11) is 1.65. The molecular weight excluding hydrogens is 236 g/mol. The molecule has 0 heterocycles. The van der Waals surface area contributed by atoms with Gasteiger partial charge in [-0.25, -0.2) is 0 Å². The van der Waals surface area contributed by atoms with E-state index in [2.05, 4.69) is 0 Å². The third-order valence-corrected chi connectivity index (χ3v) is 4.15. The van der Waals surface area contributed by atoms with Gasteiger partial charge in [0.25, 0.3) is 0 Å². The van der Waals surface area contributed by atoms with Gasteiger partial charge in [0.1, 0.15) is 5.60 Å². The van der Waals surface area contributed by atoms with Gasteiger partial charge in [-0.05, 0) is 26.7 Å². The highest BCUT2D eigenvalue weighted by atomic mass is 32.2. The summed E-state index contributed by atoms with van der Waals surface area (Å²) in [5.74, 6) is 0.701. The molecule has 4 heteroatoms. The Morgan fingerprint density at radius 2 is 1.94 bits per heavy atom. The van der Waals surface area contributed by atoms with E-state index in [0.717, 1.165) is 12.8 Å². The van der Waals surface area contributed by atoms with Gasteiger partial charge < -0.3 is 9.47 Å². The summed E-state index contributed by atoms with van der Waals surface area (Å²) in [5.41, 5.74) is -0.666. The quantitative estimate of drug-likeness (QED) is 0.688. The fourth-order valence-electron chi connectivity index (χ4n) is 2.04. The van der Waals surface area contributed by atoms with Crippen molar-refractivity contribution in [1.82, 2.24) is 0 Å². The minimum Gasteiger partial charge on any atom is -0.384 e. The molecule has 0 aromatic carbocycles. The zero-order chi connectivity index (χ0) is 12.7. The zero-order valence-corrected chi connectivity index (χ0v) is 12.0. The maximum Gasteiger partial charge on any atom is 0.220 e. The number of ether oxygens (including phenoxy) is 2. The van der Waals surface area contributed by atoms with Crippen molar-refractivity contribution in [3.8, 4) is 0 Å². The lowest BCUT2D eigenvalue weighted by Crippen LogP contribution is -2.38. The van der Waals surface area contributed by atoms with E-state index in [1.807, 2.05) is 13.8 Å². The van der Waals surface area contributed by atoms with Gasteiger partial charge in [0.15, 0.2) is 0 Å². The molecular formula is C13H24O3S. The van der Waals surface area contributed by atoms with Crippen molar-refractivity contribution in [3.63, 3.8) is 0 Å². The monoisotopic (exact) mass is 260 g/mol. The Kier molecular flexibility index (Phi) is 6.52. The summed E-state index contributed by atoms with van der Waals surface area (Å²) in [6.45, 7) is 4.36. The Bertz CT molecular complexity index is 235. The third-order valence-electron chi connectivity index (χ3n) is 3.03. The van der Waals surface area contributed by atoms with Crippen LogP contribution in [0.5, 0.6) is 0 Å². The first-order valence-electron chi connectivity index (χ1n) is 6.40. The maximum absolute atomic E-state index is 12.0. The molecule has 0 unspecified atom stereocenters. The number of thioether (sulfide) groups is 1. The van der Waals surface area contributed by atoms with Crippen molar-refractivity contribution in [2.75, 3.05) is 19.5 Å². The Balaban J connectivity index is 2.34. The summed E-state index contributed by atoms with van der Waals surface area (Å²) in [4.78, 5) is 12.0. The largest absolute Gasteiger partial charge is 0.384 e. The van der Waals surface area contributed by atoms with Crippen molar-refractivity contribution in [1.29, 1.82) is 0 Å². The molecule has 1 fully saturated rings. The topological polar surface area (TPSA) is 35.5 Å². The molecule has 0 atom stereocenters. The van der Waals surface area contributed by atoms with Gasteiger partial charge in [-0.1, -0.05) is 31.0 Å². The first-order valence-corrected chi connectivity index (χ1v) is 7.39. The van der Waals surface area contributed by atoms with Gasteiger partial charge in [0.2, 0.25) is 5.12 Å². The van der Waals surface area contributed by atoms with Crippen LogP contribution >= 0.6 is 11.8 Å². The predicted molar refractivity (Wildman–Crippen MR) is 71.4 cm³/mol. The fraction of sp³-hybridized carbons (Fsp3) is 0.923. The molecule has 0 aromatic heterocycles. The van der Waals surface area contributed by atoms with Crippen molar-refractivity contribution < 1.29 is 14.3 Å². The van der Waals surface area contributed by atoms with E-state index in [0.29, 0.717) is 12.4 Å². The van der Waals surface area contributed by atoms with Gasteiger partial charge in [0, 0.05) is 12.9 Å². The van der Waals surface area contributed by atoms with Crippen LogP contribution in [0.1, 0.15) is 46.0 Å². The van der Waals surface area contributed by atoms with Crippen LogP contribution in [0.3, 0.4) is 0 Å². The predicted octanol–water partition coefficient (Wildman–Crippen LogP) is 3.02. The summed E-state index contributed by atoms with van der Waals surface area (Å²) in [6, 6.07) is 0. The van der Waals surface area contributed by atoms with Crippen LogP contribution < -0.4 is 0 Å². The second kappa shape index (κ2) is 7.39. The molecule has 0 radical (unpaired) electrons. The lowest BCUT2D eigenvalue weighted by atomic mass is 9.97. The van der Waals surface area contributed by atoms with Crippen molar-refractivity contribution in [2.45, 2.75) is 57.7 Å². The van der Waals surface area contributed by atoms with Crippen LogP contribution in [0.15, 0.2) is 0 Å². The highest BCUT2D eigenvalue weighted by Crippen LogP contribution is 2.27. The van der Waals surface area contributed by atoms with Crippen LogP contribution in [0.25, 0.3) is 0 Å². The second-order valence-electron chi connectivity index (χ2n) is 5.02. The lowest BCUT2D eigenvalue weighted by molar-refractivity contribution is -0.140. The van der Waals surface area contributed by atoms with E-state index >= 15 is 0 Å². The maximum atomic E-state index is 12.0. The van der Waals surface area contributed by atoms with Crippen molar-refractivity contribution in [3.05, 3.63) is 0 Å². The van der Waals surface area contributed by atoms with E-state index in [1.54, 1.807) is 7.11 Å². The standard InChI is InChI=1S/C13H24O3S/c1-13(2,12(14)17-10-9-15-3)16-11-7-5-4-6-8-11/h11H,4-10H2,1-3H3. The van der Waals surface area contributed by atoms with E-state index in [-0.39, 0.29) is 11.2 Å². The average molecular weight is 260 g/mol. The summed E-state index contributed by atoms with van der Waals surface area (Å²) >= 11 is 1.31. The number of carbonyl (C=O) groups excluding carboxylic acids is 1. The molecule has 0 bridgehead atoms. The molecule has 0 saturated heterocycles. The molecule has 1 aliphatic rings. The van der Waals surface area contributed by atoms with E-state index in [4.69, 9.17) is 9.47 Å². The molecule has 0 N–H and O–H groups in total. The highest BCUT2D eigenvalue weighted by molar-refractivity contribution is 8.13. The third kappa shape index (κ3) is 5.40. The molecule has 3 nitrogen and oxygen atoms in total. The second-order valence-corrected chi connectivity index (χ2v) is 6.08. The molecule has 0 aliphatic heterocycles. The van der Waals surface area contributed by atoms with Gasteiger partial charge >= 0.3 is 0 Å². The van der Waals surface area contributed by atoms with Crippen LogP contribution in [-0.2, 0) is 14.3 Å². The molecule has 17 heavy (non-hydrogen) atoms. The Morgan fingerprint density at radius 1 is 1.29 bits per heavy atom. The number of hydrogen-bond acceptors (Lipinski definition) is 4. The van der Waals surface area contributed by atoms with Crippen molar-refractivity contribution >= 4 is 16.9 Å². The highest BCUT2D eigenvalue weighted by Gasteiger charge is 2.32. The molecule has 0 spiro atoms. The fourth-order valence-corrected chi connectivity index (χ4v) is 2.87. The van der Waals surface area contributed by atoms with Gasteiger partial charge in [-0.15, -0.1) is 0 Å². The van der Waals surface area contributed by atoms with E-state index in [9.17, 15) is 4.79 Å². The first-order chi connectivity index (χ1) is 8.06. The first kappa shape index (κ1) is 15.0. The number of hydrogen-bond donors (Lipinski definition) is 0. The minimum atomic E-state index is -0.666. The number of carbonyl (C=O) groups is 1. The lowest BCUT2D eigenvalue weighted by Gasteiger charge is -2.31. The van der Waals surface area contributed by atoms with Gasteiger partial charge in [-0.2, -0.15) is 0 Å². The molecule has 1 aliphatic carbocycles.